The number of benzene rings is 3. The topological polar surface area (TPSA) is 70.5 Å². The molecule has 0 spiro atoms. The number of thiazole rings is 1. The van der Waals surface area contributed by atoms with Crippen LogP contribution >= 0.6 is 22.9 Å². The molecule has 0 saturated heterocycles. The molecule has 1 N–H and O–H groups in total. The van der Waals surface area contributed by atoms with Gasteiger partial charge in [-0.2, -0.15) is 0 Å². The van der Waals surface area contributed by atoms with E-state index in [1.807, 2.05) is 61.5 Å². The number of Topliss-reactive ketones (excluding diaryl/α,β-unsaturated/α-hetero) is 1. The van der Waals surface area contributed by atoms with Crippen LogP contribution in [-0.2, 0) is 4.79 Å². The normalized spacial score (nSPS) is 15.7. The van der Waals surface area contributed by atoms with E-state index in [2.05, 4.69) is 4.98 Å². The molecule has 174 valence electrons. The molecule has 3 aromatic carbocycles. The zero-order valence-electron chi connectivity index (χ0n) is 19.0. The third kappa shape index (κ3) is 4.16. The number of hydrogen-bond donors (Lipinski definition) is 1. The first-order valence-corrected chi connectivity index (χ1v) is 12.2. The number of ketones is 1. The molecule has 0 aliphatic carbocycles. The van der Waals surface area contributed by atoms with Gasteiger partial charge in [-0.3, -0.25) is 14.5 Å². The van der Waals surface area contributed by atoms with Gasteiger partial charge in [-0.05, 0) is 43.7 Å². The Morgan fingerprint density at radius 1 is 1.00 bits per heavy atom. The van der Waals surface area contributed by atoms with E-state index in [4.69, 9.17) is 11.6 Å². The number of carbonyl (C=O) groups excluding carboxylic acids is 2. The summed E-state index contributed by atoms with van der Waals surface area (Å²) in [6.07, 6.45) is 0. The number of nitrogens with zero attached hydrogens (tertiary/aromatic N) is 2. The van der Waals surface area contributed by atoms with Gasteiger partial charge in [-0.1, -0.05) is 71.8 Å². The van der Waals surface area contributed by atoms with Gasteiger partial charge >= 0.3 is 0 Å². The first-order chi connectivity index (χ1) is 16.8. The predicted molar refractivity (Wildman–Crippen MR) is 139 cm³/mol. The van der Waals surface area contributed by atoms with E-state index < -0.39 is 23.5 Å². The molecule has 1 aliphatic heterocycles. The second kappa shape index (κ2) is 9.13. The molecule has 1 amide bonds. The number of aliphatic hydroxyl groups is 1. The summed E-state index contributed by atoms with van der Waals surface area (Å²) < 4.78 is 0. The van der Waals surface area contributed by atoms with Crippen LogP contribution in [-0.4, -0.2) is 21.8 Å². The Morgan fingerprint density at radius 3 is 2.40 bits per heavy atom. The summed E-state index contributed by atoms with van der Waals surface area (Å²) in [7, 11) is 0. The molecule has 5 nitrogen and oxygen atoms in total. The van der Waals surface area contributed by atoms with E-state index in [1.54, 1.807) is 31.2 Å². The minimum atomic E-state index is -0.794. The first kappa shape index (κ1) is 23.0. The van der Waals surface area contributed by atoms with Crippen LogP contribution in [0.5, 0.6) is 0 Å². The summed E-state index contributed by atoms with van der Waals surface area (Å²) >= 11 is 7.32. The Hall–Kier alpha value is -3.74. The van der Waals surface area contributed by atoms with Gasteiger partial charge < -0.3 is 5.11 Å². The van der Waals surface area contributed by atoms with Gasteiger partial charge in [-0.25, -0.2) is 4.98 Å². The number of carbonyl (C=O) groups is 2. The Kier molecular flexibility index (Phi) is 6.01. The maximum atomic E-state index is 13.9. The van der Waals surface area contributed by atoms with E-state index in [0.29, 0.717) is 26.3 Å². The molecule has 0 saturated carbocycles. The average molecular weight is 501 g/mol. The summed E-state index contributed by atoms with van der Waals surface area (Å²) in [6, 6.07) is 23.2. The van der Waals surface area contributed by atoms with Gasteiger partial charge in [-0.15, -0.1) is 11.3 Å². The van der Waals surface area contributed by atoms with Gasteiger partial charge in [0.05, 0.1) is 22.2 Å². The Balaban J connectivity index is 1.64. The van der Waals surface area contributed by atoms with Crippen molar-refractivity contribution in [3.8, 4) is 10.6 Å². The van der Waals surface area contributed by atoms with E-state index in [-0.39, 0.29) is 5.57 Å². The van der Waals surface area contributed by atoms with Crippen LogP contribution in [0.4, 0.5) is 5.69 Å². The molecule has 0 bridgehead atoms. The molecule has 5 rings (SSSR count). The highest BCUT2D eigenvalue weighted by Crippen LogP contribution is 2.43. The number of rotatable bonds is 5. The summed E-state index contributed by atoms with van der Waals surface area (Å²) in [4.78, 5) is 33.7. The van der Waals surface area contributed by atoms with Gasteiger partial charge in [0, 0.05) is 16.3 Å². The molecule has 1 aromatic heterocycles. The van der Waals surface area contributed by atoms with E-state index in [0.717, 1.165) is 16.7 Å². The lowest BCUT2D eigenvalue weighted by Gasteiger charge is -2.27. The third-order valence-electron chi connectivity index (χ3n) is 5.94. The number of hydrogen-bond acceptors (Lipinski definition) is 5. The maximum absolute atomic E-state index is 13.9. The van der Waals surface area contributed by atoms with Crippen molar-refractivity contribution >= 4 is 40.3 Å². The van der Waals surface area contributed by atoms with Crippen molar-refractivity contribution in [2.45, 2.75) is 19.9 Å². The lowest BCUT2D eigenvalue weighted by atomic mass is 9.94. The average Bonchev–Trinajstić information content (AvgIpc) is 3.37. The summed E-state index contributed by atoms with van der Waals surface area (Å²) in [5, 5.41) is 12.2. The maximum Gasteiger partial charge on any atom is 0.294 e. The van der Waals surface area contributed by atoms with Gasteiger partial charge in [0.25, 0.3) is 5.91 Å². The van der Waals surface area contributed by atoms with E-state index in [1.165, 1.54) is 16.2 Å². The summed E-state index contributed by atoms with van der Waals surface area (Å²) in [6.45, 7) is 3.71. The fourth-order valence-electron chi connectivity index (χ4n) is 4.29. The third-order valence-corrected chi connectivity index (χ3v) is 7.40. The quantitative estimate of drug-likeness (QED) is 0.304. The zero-order valence-corrected chi connectivity index (χ0v) is 20.6. The fraction of sp³-hybridized carbons (Fsp3) is 0.107. The first-order valence-electron chi connectivity index (χ1n) is 11.0. The predicted octanol–water partition coefficient (Wildman–Crippen LogP) is 6.86. The van der Waals surface area contributed by atoms with Crippen molar-refractivity contribution in [1.29, 1.82) is 0 Å². The van der Waals surface area contributed by atoms with Crippen LogP contribution in [0.1, 0.15) is 32.5 Å². The van der Waals surface area contributed by atoms with Crippen molar-refractivity contribution in [2.75, 3.05) is 4.90 Å². The number of aryl methyl sites for hydroxylation is 2. The standard InChI is InChI=1S/C28H21ClN2O3S/c1-16-7-6-10-19(15-16)23-22(25(33)28(34)31(23)21-13-11-20(29)12-14-21)24(32)26-17(2)30-27(35-26)18-8-4-3-5-9-18/h3-15,23,33H,1-2H3. The molecule has 2 heterocycles. The van der Waals surface area contributed by atoms with Crippen LogP contribution in [0.2, 0.25) is 5.02 Å². The van der Waals surface area contributed by atoms with Crippen molar-refractivity contribution in [3.05, 3.63) is 117 Å². The minimum Gasteiger partial charge on any atom is -0.503 e. The smallest absolute Gasteiger partial charge is 0.294 e. The van der Waals surface area contributed by atoms with E-state index >= 15 is 0 Å². The molecular weight excluding hydrogens is 480 g/mol. The number of aromatic nitrogens is 1. The highest BCUT2D eigenvalue weighted by Gasteiger charge is 2.45. The Morgan fingerprint density at radius 2 is 1.71 bits per heavy atom. The van der Waals surface area contributed by atoms with Crippen LogP contribution < -0.4 is 4.90 Å². The van der Waals surface area contributed by atoms with Crippen molar-refractivity contribution in [1.82, 2.24) is 4.98 Å². The zero-order chi connectivity index (χ0) is 24.7. The SMILES string of the molecule is Cc1cccc(C2C(C(=O)c3sc(-c4ccccc4)nc3C)=C(O)C(=O)N2c2ccc(Cl)cc2)c1. The molecule has 1 atom stereocenters. The van der Waals surface area contributed by atoms with Crippen LogP contribution in [0.15, 0.2) is 90.2 Å². The number of amides is 1. The highest BCUT2D eigenvalue weighted by atomic mass is 35.5. The monoisotopic (exact) mass is 500 g/mol. The molecule has 1 unspecified atom stereocenters. The summed E-state index contributed by atoms with van der Waals surface area (Å²) in [5.74, 6) is -1.59. The minimum absolute atomic E-state index is 0.0434. The number of aliphatic hydroxyl groups excluding tert-OH is 1. The second-order valence-electron chi connectivity index (χ2n) is 8.36. The summed E-state index contributed by atoms with van der Waals surface area (Å²) in [5.41, 5.74) is 3.74. The van der Waals surface area contributed by atoms with Crippen molar-refractivity contribution < 1.29 is 14.7 Å². The van der Waals surface area contributed by atoms with Crippen LogP contribution in [0.3, 0.4) is 0 Å². The fourth-order valence-corrected chi connectivity index (χ4v) is 5.45. The van der Waals surface area contributed by atoms with E-state index in [9.17, 15) is 14.7 Å². The Labute approximate surface area is 212 Å². The largest absolute Gasteiger partial charge is 0.503 e. The molecule has 7 heteroatoms. The van der Waals surface area contributed by atoms with Gasteiger partial charge in [0.15, 0.2) is 5.76 Å². The van der Waals surface area contributed by atoms with Gasteiger partial charge in [0.1, 0.15) is 5.01 Å². The highest BCUT2D eigenvalue weighted by molar-refractivity contribution is 7.17. The molecule has 0 fully saturated rings. The lowest BCUT2D eigenvalue weighted by molar-refractivity contribution is -0.117. The van der Waals surface area contributed by atoms with Crippen LogP contribution in [0, 0.1) is 13.8 Å². The molecule has 1 aliphatic rings. The number of halogens is 1. The lowest BCUT2D eigenvalue weighted by Crippen LogP contribution is -2.31. The Bertz CT molecular complexity index is 1480. The number of anilines is 1. The second-order valence-corrected chi connectivity index (χ2v) is 9.79. The molecule has 35 heavy (non-hydrogen) atoms. The van der Waals surface area contributed by atoms with Gasteiger partial charge in [0.2, 0.25) is 5.78 Å². The molecular formula is C28H21ClN2O3S. The van der Waals surface area contributed by atoms with Crippen molar-refractivity contribution in [2.24, 2.45) is 0 Å². The molecule has 0 radical (unpaired) electrons. The molecule has 4 aromatic rings. The van der Waals surface area contributed by atoms with Crippen molar-refractivity contribution in [3.63, 3.8) is 0 Å². The van der Waals surface area contributed by atoms with Crippen LogP contribution in [0.25, 0.3) is 10.6 Å².